The quantitative estimate of drug-likeness (QED) is 0.663. The first-order valence-electron chi connectivity index (χ1n) is 5.68. The van der Waals surface area contributed by atoms with Gasteiger partial charge in [0.05, 0.1) is 12.8 Å². The van der Waals surface area contributed by atoms with Gasteiger partial charge < -0.3 is 10.5 Å². The summed E-state index contributed by atoms with van der Waals surface area (Å²) in [5.74, 6) is 0.485. The van der Waals surface area contributed by atoms with Crippen LogP contribution >= 0.6 is 0 Å². The van der Waals surface area contributed by atoms with Crippen LogP contribution in [0.1, 0.15) is 17.3 Å². The molecular formula is C15H15NO2. The molecule has 3 heteroatoms. The molecule has 3 nitrogen and oxygen atoms in total. The Morgan fingerprint density at radius 3 is 2.33 bits per heavy atom. The van der Waals surface area contributed by atoms with Crippen molar-refractivity contribution in [3.8, 4) is 16.9 Å². The van der Waals surface area contributed by atoms with Crippen LogP contribution in [0.5, 0.6) is 5.75 Å². The van der Waals surface area contributed by atoms with Crippen LogP contribution in [0.15, 0.2) is 42.5 Å². The Bertz CT molecular complexity index is 577. The summed E-state index contributed by atoms with van der Waals surface area (Å²) in [4.78, 5) is 11.4. The normalized spacial score (nSPS) is 10.1. The van der Waals surface area contributed by atoms with Crippen molar-refractivity contribution >= 4 is 11.5 Å². The molecule has 2 rings (SSSR count). The summed E-state index contributed by atoms with van der Waals surface area (Å²) in [6, 6.07) is 13.4. The van der Waals surface area contributed by atoms with Gasteiger partial charge in [-0.25, -0.2) is 0 Å². The van der Waals surface area contributed by atoms with Crippen molar-refractivity contribution in [3.05, 3.63) is 48.0 Å². The predicted octanol–water partition coefficient (Wildman–Crippen LogP) is 3.15. The number of nitrogen functional groups attached to an aromatic ring is 1. The average Bonchev–Trinajstić information content (AvgIpc) is 2.39. The lowest BCUT2D eigenvalue weighted by molar-refractivity contribution is 0.101. The minimum Gasteiger partial charge on any atom is -0.494 e. The zero-order valence-electron chi connectivity index (χ0n) is 10.4. The third-order valence-corrected chi connectivity index (χ3v) is 2.86. The molecule has 18 heavy (non-hydrogen) atoms. The Kier molecular flexibility index (Phi) is 3.33. The van der Waals surface area contributed by atoms with Crippen molar-refractivity contribution in [2.24, 2.45) is 0 Å². The fourth-order valence-electron chi connectivity index (χ4n) is 1.97. The maximum Gasteiger partial charge on any atom is 0.162 e. The van der Waals surface area contributed by atoms with Crippen LogP contribution in [0.3, 0.4) is 0 Å². The minimum absolute atomic E-state index is 0.0644. The second-order valence-corrected chi connectivity index (χ2v) is 4.03. The van der Waals surface area contributed by atoms with Gasteiger partial charge in [-0.1, -0.05) is 30.3 Å². The zero-order chi connectivity index (χ0) is 13.1. The number of methoxy groups -OCH3 is 1. The van der Waals surface area contributed by atoms with Gasteiger partial charge in [-0.3, -0.25) is 4.79 Å². The van der Waals surface area contributed by atoms with Gasteiger partial charge in [0, 0.05) is 11.1 Å². The Morgan fingerprint density at radius 2 is 1.78 bits per heavy atom. The summed E-state index contributed by atoms with van der Waals surface area (Å²) in [6.45, 7) is 1.49. The molecule has 0 aliphatic rings. The highest BCUT2D eigenvalue weighted by atomic mass is 16.5. The van der Waals surface area contributed by atoms with E-state index >= 15 is 0 Å². The summed E-state index contributed by atoms with van der Waals surface area (Å²) in [6.07, 6.45) is 0. The first-order valence-corrected chi connectivity index (χ1v) is 5.68. The lowest BCUT2D eigenvalue weighted by Gasteiger charge is -2.13. The van der Waals surface area contributed by atoms with E-state index in [1.807, 2.05) is 36.4 Å². The molecule has 0 spiro atoms. The van der Waals surface area contributed by atoms with E-state index in [2.05, 4.69) is 0 Å². The number of carbonyl (C=O) groups excluding carboxylic acids is 1. The highest BCUT2D eigenvalue weighted by Crippen LogP contribution is 2.37. The molecule has 0 unspecified atom stereocenters. The SMILES string of the molecule is COc1c(-c2ccccc2)ccc(C(C)=O)c1N. The van der Waals surface area contributed by atoms with Crippen LogP contribution in [-0.4, -0.2) is 12.9 Å². The fraction of sp³-hybridized carbons (Fsp3) is 0.133. The lowest BCUT2D eigenvalue weighted by Crippen LogP contribution is -2.03. The second-order valence-electron chi connectivity index (χ2n) is 4.03. The van der Waals surface area contributed by atoms with Crippen LogP contribution in [-0.2, 0) is 0 Å². The van der Waals surface area contributed by atoms with Crippen LogP contribution in [0.4, 0.5) is 5.69 Å². The first-order chi connectivity index (χ1) is 8.65. The van der Waals surface area contributed by atoms with Gasteiger partial charge in [0.1, 0.15) is 5.75 Å². The zero-order valence-corrected chi connectivity index (χ0v) is 10.4. The number of ether oxygens (including phenoxy) is 1. The molecule has 0 aliphatic carbocycles. The molecule has 0 bridgehead atoms. The molecule has 0 aliphatic heterocycles. The lowest BCUT2D eigenvalue weighted by atomic mass is 9.99. The molecule has 0 heterocycles. The standard InChI is InChI=1S/C15H15NO2/c1-10(17)12-8-9-13(15(18-2)14(12)16)11-6-4-3-5-7-11/h3-9H,16H2,1-2H3. The highest BCUT2D eigenvalue weighted by Gasteiger charge is 2.14. The number of ketones is 1. The highest BCUT2D eigenvalue weighted by molar-refractivity contribution is 6.02. The van der Waals surface area contributed by atoms with Crippen molar-refractivity contribution in [1.29, 1.82) is 0 Å². The van der Waals surface area contributed by atoms with Gasteiger partial charge >= 0.3 is 0 Å². The van der Waals surface area contributed by atoms with Gasteiger partial charge in [-0.15, -0.1) is 0 Å². The number of hydrogen-bond acceptors (Lipinski definition) is 3. The van der Waals surface area contributed by atoms with Crippen LogP contribution < -0.4 is 10.5 Å². The predicted molar refractivity (Wildman–Crippen MR) is 72.8 cm³/mol. The average molecular weight is 241 g/mol. The summed E-state index contributed by atoms with van der Waals surface area (Å²) in [5.41, 5.74) is 8.77. The number of anilines is 1. The third-order valence-electron chi connectivity index (χ3n) is 2.86. The van der Waals surface area contributed by atoms with E-state index in [0.717, 1.165) is 11.1 Å². The van der Waals surface area contributed by atoms with E-state index in [1.54, 1.807) is 13.2 Å². The van der Waals surface area contributed by atoms with Gasteiger partial charge in [0.25, 0.3) is 0 Å². The maximum atomic E-state index is 11.4. The second kappa shape index (κ2) is 4.92. The van der Waals surface area contributed by atoms with Crippen molar-refractivity contribution in [3.63, 3.8) is 0 Å². The van der Waals surface area contributed by atoms with Crippen LogP contribution in [0.25, 0.3) is 11.1 Å². The molecule has 0 saturated carbocycles. The third kappa shape index (κ3) is 2.07. The largest absolute Gasteiger partial charge is 0.494 e. The van der Waals surface area contributed by atoms with Gasteiger partial charge in [-0.05, 0) is 24.6 Å². The molecule has 0 saturated heterocycles. The maximum absolute atomic E-state index is 11.4. The monoisotopic (exact) mass is 241 g/mol. The van der Waals surface area contributed by atoms with E-state index in [1.165, 1.54) is 6.92 Å². The summed E-state index contributed by atoms with van der Waals surface area (Å²) < 4.78 is 5.34. The summed E-state index contributed by atoms with van der Waals surface area (Å²) in [5, 5.41) is 0. The topological polar surface area (TPSA) is 52.3 Å². The van der Waals surface area contributed by atoms with Gasteiger partial charge in [0.15, 0.2) is 5.78 Å². The van der Waals surface area contributed by atoms with E-state index in [4.69, 9.17) is 10.5 Å². The number of benzene rings is 2. The molecule has 2 aromatic rings. The van der Waals surface area contributed by atoms with Crippen molar-refractivity contribution < 1.29 is 9.53 Å². The van der Waals surface area contributed by atoms with Crippen LogP contribution in [0.2, 0.25) is 0 Å². The molecule has 0 aromatic heterocycles. The molecule has 0 amide bonds. The van der Waals surface area contributed by atoms with E-state index in [-0.39, 0.29) is 5.78 Å². The molecule has 92 valence electrons. The van der Waals surface area contributed by atoms with Crippen molar-refractivity contribution in [1.82, 2.24) is 0 Å². The summed E-state index contributed by atoms with van der Waals surface area (Å²) >= 11 is 0. The number of carbonyl (C=O) groups is 1. The van der Waals surface area contributed by atoms with E-state index in [0.29, 0.717) is 17.0 Å². The first kappa shape index (κ1) is 12.2. The molecule has 2 aromatic carbocycles. The minimum atomic E-state index is -0.0644. The van der Waals surface area contributed by atoms with Crippen molar-refractivity contribution in [2.75, 3.05) is 12.8 Å². The molecule has 0 atom stereocenters. The fourth-order valence-corrected chi connectivity index (χ4v) is 1.97. The molecule has 0 fully saturated rings. The van der Waals surface area contributed by atoms with Crippen molar-refractivity contribution in [2.45, 2.75) is 6.92 Å². The Hall–Kier alpha value is -2.29. The van der Waals surface area contributed by atoms with E-state index in [9.17, 15) is 4.79 Å². The molecule has 2 N–H and O–H groups in total. The molecule has 0 radical (unpaired) electrons. The van der Waals surface area contributed by atoms with E-state index < -0.39 is 0 Å². The van der Waals surface area contributed by atoms with Gasteiger partial charge in [-0.2, -0.15) is 0 Å². The van der Waals surface area contributed by atoms with Gasteiger partial charge in [0.2, 0.25) is 0 Å². The number of rotatable bonds is 3. The Balaban J connectivity index is 2.64. The van der Waals surface area contributed by atoms with Crippen LogP contribution in [0, 0.1) is 0 Å². The summed E-state index contributed by atoms with van der Waals surface area (Å²) in [7, 11) is 1.56. The number of hydrogen-bond donors (Lipinski definition) is 1. The smallest absolute Gasteiger partial charge is 0.162 e. The Morgan fingerprint density at radius 1 is 1.11 bits per heavy atom. The number of nitrogens with two attached hydrogens (primary N) is 1. The molecular weight excluding hydrogens is 226 g/mol. The number of Topliss-reactive ketones (excluding diaryl/α,β-unsaturated/α-hetero) is 1. The Labute approximate surface area is 106 Å².